The summed E-state index contributed by atoms with van der Waals surface area (Å²) in [6.45, 7) is 1.79. The summed E-state index contributed by atoms with van der Waals surface area (Å²) in [5, 5.41) is 2.83. The van der Waals surface area contributed by atoms with Gasteiger partial charge in [-0.3, -0.25) is 8.22 Å². The van der Waals surface area contributed by atoms with Crippen LogP contribution in [0, 0.1) is 0 Å². The molecule has 1 nitrogen and oxygen atoms in total. The Labute approximate surface area is 55.8 Å². The maximum atomic E-state index is 12.2. The molecule has 0 spiro atoms. The van der Waals surface area contributed by atoms with E-state index in [1.807, 2.05) is 0 Å². The first kappa shape index (κ1) is 9.04. The van der Waals surface area contributed by atoms with Gasteiger partial charge in [0.1, 0.15) is 0 Å². The molecule has 1 N–H and O–H groups in total. The van der Waals surface area contributed by atoms with Crippen LogP contribution >= 0.6 is 0 Å². The van der Waals surface area contributed by atoms with Gasteiger partial charge >= 0.3 is 8.74 Å². The van der Waals surface area contributed by atoms with Gasteiger partial charge in [-0.05, 0) is 32.6 Å². The SMILES string of the molecule is CNCCC[Si](C)(F)F. The Kier molecular flexibility index (Phi) is 3.97. The molecule has 0 aromatic heterocycles. The Morgan fingerprint density at radius 1 is 1.44 bits per heavy atom. The van der Waals surface area contributed by atoms with Gasteiger partial charge in [-0.1, -0.05) is 0 Å². The van der Waals surface area contributed by atoms with E-state index in [2.05, 4.69) is 5.32 Å². The van der Waals surface area contributed by atoms with Crippen LogP contribution in [0.5, 0.6) is 0 Å². The standard InChI is InChI=1S/C5H13F2NSi/c1-8-4-3-5-9(2,6)7/h8H,3-5H2,1-2H3. The summed E-state index contributed by atoms with van der Waals surface area (Å²) in [6.07, 6.45) is 0.603. The number of rotatable bonds is 4. The molecule has 9 heavy (non-hydrogen) atoms. The minimum atomic E-state index is -3.73. The molecule has 0 rings (SSSR count). The van der Waals surface area contributed by atoms with Gasteiger partial charge in [0.2, 0.25) is 0 Å². The molecule has 0 saturated heterocycles. The Bertz CT molecular complexity index is 71.8. The Hall–Kier alpha value is 0.0369. The highest BCUT2D eigenvalue weighted by molar-refractivity contribution is 6.64. The van der Waals surface area contributed by atoms with Gasteiger partial charge in [0.15, 0.2) is 0 Å². The van der Waals surface area contributed by atoms with Crippen LogP contribution in [0.15, 0.2) is 0 Å². The number of halogens is 2. The summed E-state index contributed by atoms with van der Waals surface area (Å²) in [4.78, 5) is 0. The van der Waals surface area contributed by atoms with Crippen molar-refractivity contribution in [3.63, 3.8) is 0 Å². The molecule has 0 aromatic rings. The largest absolute Gasteiger partial charge is 0.422 e. The molecule has 0 amide bonds. The van der Waals surface area contributed by atoms with Crippen LogP contribution < -0.4 is 5.32 Å². The second-order valence-electron chi connectivity index (χ2n) is 2.28. The molecule has 0 fully saturated rings. The van der Waals surface area contributed by atoms with Crippen molar-refractivity contribution in [3.8, 4) is 0 Å². The smallest absolute Gasteiger partial charge is 0.320 e. The summed E-state index contributed by atoms with van der Waals surface area (Å²) in [6, 6.07) is 0.119. The zero-order valence-electron chi connectivity index (χ0n) is 5.88. The first-order chi connectivity index (χ1) is 4.06. The third kappa shape index (κ3) is 8.04. The first-order valence-corrected chi connectivity index (χ1v) is 5.55. The fourth-order valence-electron chi connectivity index (χ4n) is 0.576. The second-order valence-corrected chi connectivity index (χ2v) is 4.92. The third-order valence-electron chi connectivity index (χ3n) is 1.04. The topological polar surface area (TPSA) is 12.0 Å². The predicted octanol–water partition coefficient (Wildman–Crippen LogP) is 1.61. The lowest BCUT2D eigenvalue weighted by Gasteiger charge is -2.04. The molecular formula is C5H13F2NSi. The Balaban J connectivity index is 3.07. The number of hydrogen-bond donors (Lipinski definition) is 1. The summed E-state index contributed by atoms with van der Waals surface area (Å²) < 4.78 is 24.3. The Morgan fingerprint density at radius 2 is 2.00 bits per heavy atom. The average Bonchev–Trinajstić information content (AvgIpc) is 1.63. The van der Waals surface area contributed by atoms with Gasteiger partial charge in [-0.2, -0.15) is 0 Å². The molecule has 0 aliphatic carbocycles. The molecule has 56 valence electrons. The van der Waals surface area contributed by atoms with Crippen LogP contribution in [0.1, 0.15) is 6.42 Å². The second kappa shape index (κ2) is 3.95. The van der Waals surface area contributed by atoms with Crippen molar-refractivity contribution >= 4 is 8.74 Å². The summed E-state index contributed by atoms with van der Waals surface area (Å²) >= 11 is 0. The van der Waals surface area contributed by atoms with Crippen molar-refractivity contribution in [2.24, 2.45) is 0 Å². The number of nitrogens with one attached hydrogen (secondary N) is 1. The number of hydrogen-bond acceptors (Lipinski definition) is 1. The molecule has 0 aliphatic heterocycles. The van der Waals surface area contributed by atoms with Gasteiger partial charge in [-0.25, -0.2) is 0 Å². The molecule has 4 heteroatoms. The van der Waals surface area contributed by atoms with E-state index in [4.69, 9.17) is 0 Å². The van der Waals surface area contributed by atoms with Gasteiger partial charge in [0.25, 0.3) is 0 Å². The molecule has 0 unspecified atom stereocenters. The van der Waals surface area contributed by atoms with Gasteiger partial charge < -0.3 is 5.32 Å². The summed E-state index contributed by atoms with van der Waals surface area (Å²) in [5.41, 5.74) is 0. The lowest BCUT2D eigenvalue weighted by Crippen LogP contribution is -2.18. The summed E-state index contributed by atoms with van der Waals surface area (Å²) in [7, 11) is -1.96. The van der Waals surface area contributed by atoms with E-state index in [0.29, 0.717) is 13.0 Å². The normalized spacial score (nSPS) is 12.0. The minimum Gasteiger partial charge on any atom is -0.320 e. The molecule has 0 atom stereocenters. The third-order valence-corrected chi connectivity index (χ3v) is 2.27. The molecule has 0 radical (unpaired) electrons. The van der Waals surface area contributed by atoms with E-state index in [9.17, 15) is 8.22 Å². The summed E-state index contributed by atoms with van der Waals surface area (Å²) in [5.74, 6) is 0. The minimum absolute atomic E-state index is 0.119. The van der Waals surface area contributed by atoms with E-state index >= 15 is 0 Å². The monoisotopic (exact) mass is 153 g/mol. The van der Waals surface area contributed by atoms with Crippen molar-refractivity contribution in [3.05, 3.63) is 0 Å². The van der Waals surface area contributed by atoms with Crippen molar-refractivity contribution < 1.29 is 8.22 Å². The molecule has 0 aromatic carbocycles. The van der Waals surface area contributed by atoms with Crippen molar-refractivity contribution in [2.45, 2.75) is 19.0 Å². The van der Waals surface area contributed by atoms with Crippen molar-refractivity contribution in [1.82, 2.24) is 5.32 Å². The van der Waals surface area contributed by atoms with Gasteiger partial charge in [0, 0.05) is 0 Å². The van der Waals surface area contributed by atoms with E-state index < -0.39 is 8.74 Å². The van der Waals surface area contributed by atoms with E-state index in [-0.39, 0.29) is 6.04 Å². The zero-order valence-corrected chi connectivity index (χ0v) is 6.88. The van der Waals surface area contributed by atoms with Crippen LogP contribution in [0.4, 0.5) is 8.22 Å². The molecular weight excluding hydrogens is 140 g/mol. The van der Waals surface area contributed by atoms with E-state index in [1.54, 1.807) is 7.05 Å². The Morgan fingerprint density at radius 3 is 2.33 bits per heavy atom. The van der Waals surface area contributed by atoms with E-state index in [1.165, 1.54) is 0 Å². The average molecular weight is 153 g/mol. The molecule has 0 saturated carbocycles. The molecule has 0 heterocycles. The van der Waals surface area contributed by atoms with Crippen LogP contribution in [0.3, 0.4) is 0 Å². The maximum Gasteiger partial charge on any atom is 0.422 e. The van der Waals surface area contributed by atoms with Crippen molar-refractivity contribution in [2.75, 3.05) is 13.6 Å². The zero-order chi connectivity index (χ0) is 7.33. The van der Waals surface area contributed by atoms with Crippen molar-refractivity contribution in [1.29, 1.82) is 0 Å². The van der Waals surface area contributed by atoms with Crippen LogP contribution in [-0.4, -0.2) is 22.3 Å². The van der Waals surface area contributed by atoms with E-state index in [0.717, 1.165) is 6.55 Å². The lowest BCUT2D eigenvalue weighted by atomic mass is 10.5. The predicted molar refractivity (Wildman–Crippen MR) is 37.2 cm³/mol. The molecule has 0 bridgehead atoms. The highest BCUT2D eigenvalue weighted by Crippen LogP contribution is 2.13. The fraction of sp³-hybridized carbons (Fsp3) is 1.00. The maximum absolute atomic E-state index is 12.2. The molecule has 0 aliphatic rings. The van der Waals surface area contributed by atoms with Crippen LogP contribution in [-0.2, 0) is 0 Å². The van der Waals surface area contributed by atoms with Crippen LogP contribution in [0.2, 0.25) is 12.6 Å². The quantitative estimate of drug-likeness (QED) is 0.367. The van der Waals surface area contributed by atoms with Gasteiger partial charge in [0.05, 0.1) is 0 Å². The highest BCUT2D eigenvalue weighted by atomic mass is 28.4. The highest BCUT2D eigenvalue weighted by Gasteiger charge is 2.26. The van der Waals surface area contributed by atoms with Crippen LogP contribution in [0.25, 0.3) is 0 Å². The lowest BCUT2D eigenvalue weighted by molar-refractivity contribution is 0.592. The fourth-order valence-corrected chi connectivity index (χ4v) is 1.37. The van der Waals surface area contributed by atoms with Gasteiger partial charge in [-0.15, -0.1) is 0 Å². The first-order valence-electron chi connectivity index (χ1n) is 3.09.